The normalized spacial score (nSPS) is 14.9. The Morgan fingerprint density at radius 3 is 2.85 bits per heavy atom. The molecule has 2 aromatic heterocycles. The predicted molar refractivity (Wildman–Crippen MR) is 78.6 cm³/mol. The maximum Gasteiger partial charge on any atom is 0.0948 e. The Kier molecular flexibility index (Phi) is 3.61. The fraction of sp³-hybridized carbons (Fsp3) is 0.600. The third kappa shape index (κ3) is 2.63. The second kappa shape index (κ2) is 5.40. The van der Waals surface area contributed by atoms with Crippen LogP contribution in [0.1, 0.15) is 42.4 Å². The standard InChI is InChI=1S/C15H23N5/c1-4-19-10-16-7-14(19)9-20-12(3)15(11(2)18-20)8-17-13-5-6-13/h7,10,13,17H,4-6,8-9H2,1-3H3. The van der Waals surface area contributed by atoms with Crippen LogP contribution in [0.5, 0.6) is 0 Å². The monoisotopic (exact) mass is 273 g/mol. The average Bonchev–Trinajstić information content (AvgIpc) is 3.09. The van der Waals surface area contributed by atoms with Gasteiger partial charge in [0, 0.05) is 30.4 Å². The van der Waals surface area contributed by atoms with Gasteiger partial charge < -0.3 is 9.88 Å². The minimum atomic E-state index is 0.735. The third-order valence-corrected chi connectivity index (χ3v) is 4.13. The lowest BCUT2D eigenvalue weighted by Crippen LogP contribution is -2.16. The summed E-state index contributed by atoms with van der Waals surface area (Å²) in [5.74, 6) is 0. The summed E-state index contributed by atoms with van der Waals surface area (Å²) in [5.41, 5.74) is 4.96. The van der Waals surface area contributed by atoms with Crippen molar-refractivity contribution in [2.45, 2.75) is 59.3 Å². The molecule has 5 heteroatoms. The van der Waals surface area contributed by atoms with E-state index in [1.807, 2.05) is 12.5 Å². The molecule has 20 heavy (non-hydrogen) atoms. The number of hydrogen-bond acceptors (Lipinski definition) is 3. The second-order valence-corrected chi connectivity index (χ2v) is 5.63. The smallest absolute Gasteiger partial charge is 0.0948 e. The van der Waals surface area contributed by atoms with Crippen molar-refractivity contribution in [2.75, 3.05) is 0 Å². The molecule has 1 aliphatic carbocycles. The van der Waals surface area contributed by atoms with Crippen molar-refractivity contribution in [1.82, 2.24) is 24.6 Å². The number of aromatic nitrogens is 4. The van der Waals surface area contributed by atoms with Crippen LogP contribution in [0.25, 0.3) is 0 Å². The van der Waals surface area contributed by atoms with E-state index >= 15 is 0 Å². The molecular formula is C15H23N5. The van der Waals surface area contributed by atoms with E-state index in [9.17, 15) is 0 Å². The quantitative estimate of drug-likeness (QED) is 0.876. The van der Waals surface area contributed by atoms with Gasteiger partial charge >= 0.3 is 0 Å². The Bertz CT molecular complexity index is 591. The molecule has 0 radical (unpaired) electrons. The Labute approximate surface area is 120 Å². The van der Waals surface area contributed by atoms with Crippen LogP contribution in [-0.4, -0.2) is 25.4 Å². The highest BCUT2D eigenvalue weighted by atomic mass is 15.3. The topological polar surface area (TPSA) is 47.7 Å². The van der Waals surface area contributed by atoms with E-state index < -0.39 is 0 Å². The van der Waals surface area contributed by atoms with E-state index in [2.05, 4.69) is 40.3 Å². The third-order valence-electron chi connectivity index (χ3n) is 4.13. The Balaban J connectivity index is 1.77. The second-order valence-electron chi connectivity index (χ2n) is 5.63. The van der Waals surface area contributed by atoms with Gasteiger partial charge in [-0.1, -0.05) is 0 Å². The molecule has 2 heterocycles. The van der Waals surface area contributed by atoms with Gasteiger partial charge in [-0.05, 0) is 33.6 Å². The number of nitrogens with zero attached hydrogens (tertiary/aromatic N) is 4. The molecule has 0 saturated heterocycles. The van der Waals surface area contributed by atoms with Crippen molar-refractivity contribution >= 4 is 0 Å². The van der Waals surface area contributed by atoms with Crippen molar-refractivity contribution in [3.63, 3.8) is 0 Å². The number of nitrogens with one attached hydrogen (secondary N) is 1. The van der Waals surface area contributed by atoms with Gasteiger partial charge in [0.15, 0.2) is 0 Å². The summed E-state index contributed by atoms with van der Waals surface area (Å²) in [5, 5.41) is 8.27. The van der Waals surface area contributed by atoms with Crippen molar-refractivity contribution in [2.24, 2.45) is 0 Å². The van der Waals surface area contributed by atoms with Crippen molar-refractivity contribution < 1.29 is 0 Å². The lowest BCUT2D eigenvalue weighted by molar-refractivity contribution is 0.604. The van der Waals surface area contributed by atoms with Gasteiger partial charge in [-0.3, -0.25) is 4.68 Å². The molecule has 0 atom stereocenters. The molecular weight excluding hydrogens is 250 g/mol. The highest BCUT2D eigenvalue weighted by molar-refractivity contribution is 5.25. The molecule has 108 valence electrons. The van der Waals surface area contributed by atoms with Crippen LogP contribution in [-0.2, 0) is 19.6 Å². The fourth-order valence-corrected chi connectivity index (χ4v) is 2.60. The Morgan fingerprint density at radius 1 is 1.35 bits per heavy atom. The van der Waals surface area contributed by atoms with Crippen LogP contribution < -0.4 is 5.32 Å². The van der Waals surface area contributed by atoms with Crippen molar-refractivity contribution in [3.8, 4) is 0 Å². The first kappa shape index (κ1) is 13.4. The molecule has 3 rings (SSSR count). The molecule has 0 bridgehead atoms. The first-order valence-electron chi connectivity index (χ1n) is 7.44. The van der Waals surface area contributed by atoms with Gasteiger partial charge in [0.05, 0.1) is 30.5 Å². The van der Waals surface area contributed by atoms with Crippen LogP contribution in [0, 0.1) is 13.8 Å². The molecule has 1 fully saturated rings. The van der Waals surface area contributed by atoms with Crippen LogP contribution in [0.15, 0.2) is 12.5 Å². The van der Waals surface area contributed by atoms with Gasteiger partial charge in [0.2, 0.25) is 0 Å². The van der Waals surface area contributed by atoms with E-state index in [1.165, 1.54) is 29.8 Å². The van der Waals surface area contributed by atoms with E-state index in [0.29, 0.717) is 0 Å². The minimum absolute atomic E-state index is 0.735. The fourth-order valence-electron chi connectivity index (χ4n) is 2.60. The zero-order valence-electron chi connectivity index (χ0n) is 12.6. The van der Waals surface area contributed by atoms with Crippen molar-refractivity contribution in [1.29, 1.82) is 0 Å². The molecule has 0 spiro atoms. The van der Waals surface area contributed by atoms with Gasteiger partial charge in [-0.2, -0.15) is 5.10 Å². The van der Waals surface area contributed by atoms with Crippen LogP contribution in [0.2, 0.25) is 0 Å². The van der Waals surface area contributed by atoms with Crippen LogP contribution in [0.4, 0.5) is 0 Å². The van der Waals surface area contributed by atoms with Crippen LogP contribution >= 0.6 is 0 Å². The molecule has 1 saturated carbocycles. The summed E-state index contributed by atoms with van der Waals surface area (Å²) in [7, 11) is 0. The SMILES string of the molecule is CCn1cncc1Cn1nc(C)c(CNC2CC2)c1C. The summed E-state index contributed by atoms with van der Waals surface area (Å²) >= 11 is 0. The maximum atomic E-state index is 4.69. The van der Waals surface area contributed by atoms with E-state index in [1.54, 1.807) is 0 Å². The van der Waals surface area contributed by atoms with E-state index in [0.717, 1.165) is 31.4 Å². The molecule has 0 aromatic carbocycles. The molecule has 2 aromatic rings. The molecule has 1 N–H and O–H groups in total. The molecule has 5 nitrogen and oxygen atoms in total. The number of aryl methyl sites for hydroxylation is 2. The molecule has 0 amide bonds. The number of imidazole rings is 1. The zero-order chi connectivity index (χ0) is 14.1. The predicted octanol–water partition coefficient (Wildman–Crippen LogP) is 2.02. The van der Waals surface area contributed by atoms with Gasteiger partial charge in [0.1, 0.15) is 0 Å². The Hall–Kier alpha value is -1.62. The van der Waals surface area contributed by atoms with Crippen molar-refractivity contribution in [3.05, 3.63) is 35.2 Å². The number of hydrogen-bond donors (Lipinski definition) is 1. The van der Waals surface area contributed by atoms with E-state index in [4.69, 9.17) is 5.10 Å². The van der Waals surface area contributed by atoms with Gasteiger partial charge in [-0.25, -0.2) is 4.98 Å². The summed E-state index contributed by atoms with van der Waals surface area (Å²) in [4.78, 5) is 4.23. The summed E-state index contributed by atoms with van der Waals surface area (Å²) in [6, 6.07) is 0.735. The number of rotatable bonds is 6. The summed E-state index contributed by atoms with van der Waals surface area (Å²) in [6.07, 6.45) is 6.46. The maximum absolute atomic E-state index is 4.69. The highest BCUT2D eigenvalue weighted by Gasteiger charge is 2.21. The van der Waals surface area contributed by atoms with Gasteiger partial charge in [-0.15, -0.1) is 0 Å². The Morgan fingerprint density at radius 2 is 2.15 bits per heavy atom. The largest absolute Gasteiger partial charge is 0.333 e. The molecule has 0 aliphatic heterocycles. The summed E-state index contributed by atoms with van der Waals surface area (Å²) < 4.78 is 4.26. The lowest BCUT2D eigenvalue weighted by Gasteiger charge is -2.08. The average molecular weight is 273 g/mol. The van der Waals surface area contributed by atoms with E-state index in [-0.39, 0.29) is 0 Å². The zero-order valence-corrected chi connectivity index (χ0v) is 12.6. The van der Waals surface area contributed by atoms with Gasteiger partial charge in [0.25, 0.3) is 0 Å². The first-order chi connectivity index (χ1) is 9.69. The lowest BCUT2D eigenvalue weighted by atomic mass is 10.2. The van der Waals surface area contributed by atoms with Crippen LogP contribution in [0.3, 0.4) is 0 Å². The minimum Gasteiger partial charge on any atom is -0.333 e. The molecule has 0 unspecified atom stereocenters. The molecule has 1 aliphatic rings. The summed E-state index contributed by atoms with van der Waals surface area (Å²) in [6.45, 7) is 9.09. The first-order valence-corrected chi connectivity index (χ1v) is 7.44. The highest BCUT2D eigenvalue weighted by Crippen LogP contribution is 2.21.